The van der Waals surface area contributed by atoms with Gasteiger partial charge >= 0.3 is 0 Å². The predicted octanol–water partition coefficient (Wildman–Crippen LogP) is 4.93. The maximum atomic E-state index is 14.2. The lowest BCUT2D eigenvalue weighted by Crippen LogP contribution is -2.62. The van der Waals surface area contributed by atoms with Crippen LogP contribution in [0.2, 0.25) is 0 Å². The zero-order valence-corrected chi connectivity index (χ0v) is 23.4. The molecule has 0 aromatic heterocycles. The number of carbonyl (C=O) groups excluding carboxylic acids is 2. The topological polar surface area (TPSA) is 62.3 Å². The van der Waals surface area contributed by atoms with E-state index in [2.05, 4.69) is 36.1 Å². The molecule has 39 heavy (non-hydrogen) atoms. The largest absolute Gasteiger partial charge is 0.491 e. The van der Waals surface area contributed by atoms with Crippen molar-refractivity contribution in [2.24, 2.45) is 0 Å². The number of benzene rings is 2. The first-order valence-corrected chi connectivity index (χ1v) is 14.9. The smallest absolute Gasteiger partial charge is 0.256 e. The average Bonchev–Trinajstić information content (AvgIpc) is 3.52. The molecule has 7 nitrogen and oxygen atoms in total. The summed E-state index contributed by atoms with van der Waals surface area (Å²) in [5.41, 5.74) is 2.03. The highest BCUT2D eigenvalue weighted by molar-refractivity contribution is 5.95. The molecular weight excluding hydrogens is 490 g/mol. The van der Waals surface area contributed by atoms with Crippen molar-refractivity contribution in [2.45, 2.75) is 63.9 Å². The molecule has 7 heteroatoms. The molecule has 0 N–H and O–H groups in total. The van der Waals surface area contributed by atoms with Crippen LogP contribution in [0.15, 0.2) is 48.5 Å². The van der Waals surface area contributed by atoms with Gasteiger partial charge in [0.2, 0.25) is 0 Å². The number of para-hydroxylation sites is 1. The minimum atomic E-state index is -1.02. The number of carbonyl (C=O) groups is 2. The second-order valence-corrected chi connectivity index (χ2v) is 11.1. The van der Waals surface area contributed by atoms with Crippen LogP contribution in [0, 0.1) is 0 Å². The van der Waals surface area contributed by atoms with E-state index in [4.69, 9.17) is 9.47 Å². The molecule has 2 fully saturated rings. The van der Waals surface area contributed by atoms with Gasteiger partial charge in [0.1, 0.15) is 12.4 Å². The molecule has 2 aromatic rings. The molecule has 0 bridgehead atoms. The van der Waals surface area contributed by atoms with Crippen molar-refractivity contribution < 1.29 is 19.1 Å². The van der Waals surface area contributed by atoms with Crippen molar-refractivity contribution in [3.05, 3.63) is 59.7 Å². The Hall–Kier alpha value is -3.06. The number of ether oxygens (including phenoxy) is 2. The molecule has 3 aliphatic heterocycles. The number of amides is 2. The van der Waals surface area contributed by atoms with Gasteiger partial charge in [-0.25, -0.2) is 0 Å². The van der Waals surface area contributed by atoms with Crippen LogP contribution >= 0.6 is 0 Å². The second-order valence-electron chi connectivity index (χ2n) is 11.1. The maximum Gasteiger partial charge on any atom is 0.256 e. The van der Waals surface area contributed by atoms with E-state index in [9.17, 15) is 9.59 Å². The highest BCUT2D eigenvalue weighted by Crippen LogP contribution is 2.31. The lowest BCUT2D eigenvalue weighted by atomic mass is 9.90. The number of morpholine rings is 1. The molecule has 2 aromatic carbocycles. The first-order valence-electron chi connectivity index (χ1n) is 14.9. The fourth-order valence-corrected chi connectivity index (χ4v) is 6.11. The van der Waals surface area contributed by atoms with Crippen LogP contribution < -0.4 is 9.64 Å². The Balaban J connectivity index is 1.34. The molecule has 3 heterocycles. The monoisotopic (exact) mass is 533 g/mol. The van der Waals surface area contributed by atoms with Crippen LogP contribution in [0.4, 0.5) is 5.69 Å². The van der Waals surface area contributed by atoms with Gasteiger partial charge in [0.15, 0.2) is 5.60 Å². The van der Waals surface area contributed by atoms with Crippen molar-refractivity contribution in [3.8, 4) is 5.75 Å². The normalized spacial score (nSPS) is 22.7. The van der Waals surface area contributed by atoms with Gasteiger partial charge in [0.05, 0.1) is 19.7 Å². The van der Waals surface area contributed by atoms with Crippen molar-refractivity contribution in [1.82, 2.24) is 9.80 Å². The van der Waals surface area contributed by atoms with E-state index < -0.39 is 5.60 Å². The third kappa shape index (κ3) is 6.40. The van der Waals surface area contributed by atoms with Gasteiger partial charge in [-0.05, 0) is 80.8 Å². The van der Waals surface area contributed by atoms with E-state index in [0.29, 0.717) is 51.4 Å². The average molecular weight is 534 g/mol. The fraction of sp³-hybridized carbons (Fsp3) is 0.562. The predicted molar refractivity (Wildman–Crippen MR) is 153 cm³/mol. The second kappa shape index (κ2) is 12.9. The van der Waals surface area contributed by atoms with Crippen molar-refractivity contribution in [1.29, 1.82) is 0 Å². The maximum absolute atomic E-state index is 14.2. The molecule has 2 saturated heterocycles. The molecule has 0 saturated carbocycles. The summed E-state index contributed by atoms with van der Waals surface area (Å²) in [5, 5.41) is 0. The van der Waals surface area contributed by atoms with Crippen LogP contribution in [0.25, 0.3) is 0 Å². The van der Waals surface area contributed by atoms with Crippen LogP contribution in [0.5, 0.6) is 5.75 Å². The zero-order chi connectivity index (χ0) is 27.1. The summed E-state index contributed by atoms with van der Waals surface area (Å²) in [6.07, 6.45) is 7.63. The van der Waals surface area contributed by atoms with Gasteiger partial charge in [0.25, 0.3) is 11.8 Å². The number of nitrogens with zero attached hydrogens (tertiary/aromatic N) is 3. The third-order valence-electron chi connectivity index (χ3n) is 8.39. The molecule has 3 aliphatic rings. The number of anilines is 1. The SMILES string of the molecule is CCCCN1CCOc2ccccc2CCCCC2(CN(C(=O)c3ccc(N4CCCC4)cc3)CCO2)C1=O. The van der Waals surface area contributed by atoms with Crippen LogP contribution in [-0.2, 0) is 16.0 Å². The van der Waals surface area contributed by atoms with Gasteiger partial charge in [-0.15, -0.1) is 0 Å². The summed E-state index contributed by atoms with van der Waals surface area (Å²) in [7, 11) is 0. The molecule has 210 valence electrons. The molecule has 1 unspecified atom stereocenters. The van der Waals surface area contributed by atoms with Crippen molar-refractivity contribution in [3.63, 3.8) is 0 Å². The Kier molecular flexibility index (Phi) is 9.07. The Morgan fingerprint density at radius 3 is 2.51 bits per heavy atom. The lowest BCUT2D eigenvalue weighted by molar-refractivity contribution is -0.170. The number of hydrogen-bond acceptors (Lipinski definition) is 5. The van der Waals surface area contributed by atoms with Gasteiger partial charge in [0, 0.05) is 37.4 Å². The third-order valence-corrected chi connectivity index (χ3v) is 8.39. The van der Waals surface area contributed by atoms with Crippen molar-refractivity contribution >= 4 is 17.5 Å². The summed E-state index contributed by atoms with van der Waals surface area (Å²) in [6.45, 7) is 7.04. The fourth-order valence-electron chi connectivity index (χ4n) is 6.11. The van der Waals surface area contributed by atoms with E-state index in [1.165, 1.54) is 24.1 Å². The minimum absolute atomic E-state index is 0.00436. The van der Waals surface area contributed by atoms with Crippen LogP contribution in [0.1, 0.15) is 67.8 Å². The highest BCUT2D eigenvalue weighted by atomic mass is 16.5. The van der Waals surface area contributed by atoms with Crippen LogP contribution in [0.3, 0.4) is 0 Å². The van der Waals surface area contributed by atoms with E-state index in [1.54, 1.807) is 0 Å². The van der Waals surface area contributed by atoms with Gasteiger partial charge in [-0.2, -0.15) is 0 Å². The molecule has 2 amide bonds. The van der Waals surface area contributed by atoms with E-state index in [0.717, 1.165) is 50.9 Å². The first-order chi connectivity index (χ1) is 19.1. The Morgan fingerprint density at radius 2 is 1.72 bits per heavy atom. The molecule has 0 radical (unpaired) electrons. The number of fused-ring (bicyclic) bond motifs is 1. The summed E-state index contributed by atoms with van der Waals surface area (Å²) >= 11 is 0. The number of hydrogen-bond donors (Lipinski definition) is 0. The van der Waals surface area contributed by atoms with E-state index >= 15 is 0 Å². The summed E-state index contributed by atoms with van der Waals surface area (Å²) < 4.78 is 12.5. The molecule has 0 aliphatic carbocycles. The minimum Gasteiger partial charge on any atom is -0.491 e. The van der Waals surface area contributed by atoms with Crippen molar-refractivity contribution in [2.75, 3.05) is 57.4 Å². The Morgan fingerprint density at radius 1 is 0.923 bits per heavy atom. The standard InChI is InChI=1S/C32H43N3O4/c1-2-3-18-34-21-23-38-29-12-5-4-10-26(29)11-6-7-17-32(31(34)37)25-35(22-24-39-32)30(36)27-13-15-28(16-14-27)33-19-8-9-20-33/h4-5,10,12-16H,2-3,6-9,11,17-25H2,1H3. The molecule has 5 rings (SSSR count). The van der Waals surface area contributed by atoms with E-state index in [-0.39, 0.29) is 11.8 Å². The summed E-state index contributed by atoms with van der Waals surface area (Å²) in [4.78, 5) is 33.9. The van der Waals surface area contributed by atoms with Gasteiger partial charge in [-0.3, -0.25) is 9.59 Å². The highest BCUT2D eigenvalue weighted by Gasteiger charge is 2.46. The zero-order valence-electron chi connectivity index (χ0n) is 23.4. The number of unbranched alkanes of at least 4 members (excludes halogenated alkanes) is 1. The summed E-state index contributed by atoms with van der Waals surface area (Å²) in [5.74, 6) is 0.884. The number of rotatable bonds is 5. The number of aryl methyl sites for hydroxylation is 1. The molecule has 1 atom stereocenters. The quantitative estimate of drug-likeness (QED) is 0.545. The van der Waals surface area contributed by atoms with Gasteiger partial charge in [-0.1, -0.05) is 31.5 Å². The Bertz CT molecular complexity index is 1110. The van der Waals surface area contributed by atoms with Crippen LogP contribution in [-0.4, -0.2) is 79.7 Å². The molecular formula is C32H43N3O4. The summed E-state index contributed by atoms with van der Waals surface area (Å²) in [6, 6.07) is 16.2. The molecule has 1 spiro atoms. The van der Waals surface area contributed by atoms with E-state index in [1.807, 2.05) is 34.1 Å². The first kappa shape index (κ1) is 27.5. The lowest BCUT2D eigenvalue weighted by Gasteiger charge is -2.44. The Labute approximate surface area is 233 Å². The van der Waals surface area contributed by atoms with Gasteiger partial charge < -0.3 is 24.2 Å².